The van der Waals surface area contributed by atoms with Gasteiger partial charge in [-0.3, -0.25) is 14.4 Å². The van der Waals surface area contributed by atoms with Gasteiger partial charge in [-0.25, -0.2) is 4.79 Å². The summed E-state index contributed by atoms with van der Waals surface area (Å²) in [5.74, 6) is -2.17. The molecule has 2 aliphatic rings. The molecule has 2 heterocycles. The lowest BCUT2D eigenvalue weighted by atomic mass is 9.71. The van der Waals surface area contributed by atoms with E-state index in [0.717, 1.165) is 24.9 Å². The van der Waals surface area contributed by atoms with Gasteiger partial charge in [0.05, 0.1) is 11.5 Å². The molecule has 1 aromatic rings. The molecule has 168 valence electrons. The summed E-state index contributed by atoms with van der Waals surface area (Å²) in [5.41, 5.74) is 4.99. The number of carboxylic acids is 1. The van der Waals surface area contributed by atoms with Crippen molar-refractivity contribution in [1.29, 1.82) is 0 Å². The standard InChI is InChI=1S/C22H30N4O5/c23-18(27)9-8-17(20(29)30)25-21(31)22(15-5-2-1-3-6-15)10-13-26(14-11-22)19(28)16-7-4-12-24-16/h1-3,5-6,16-17,24H,4,7-14H2,(H2,23,27)(H,25,31)(H,29,30)/t16-,17-/m0/s1. The van der Waals surface area contributed by atoms with E-state index in [1.54, 1.807) is 4.90 Å². The lowest BCUT2D eigenvalue weighted by Crippen LogP contribution is -2.57. The quantitative estimate of drug-likeness (QED) is 0.462. The second-order valence-electron chi connectivity index (χ2n) is 8.29. The molecule has 0 aromatic heterocycles. The largest absolute Gasteiger partial charge is 0.480 e. The van der Waals surface area contributed by atoms with Gasteiger partial charge >= 0.3 is 5.97 Å². The Morgan fingerprint density at radius 1 is 1.19 bits per heavy atom. The Bertz CT molecular complexity index is 814. The number of aliphatic carboxylic acids is 1. The maximum absolute atomic E-state index is 13.4. The van der Waals surface area contributed by atoms with Crippen molar-refractivity contribution in [2.24, 2.45) is 5.73 Å². The van der Waals surface area contributed by atoms with Crippen molar-refractivity contribution in [2.75, 3.05) is 19.6 Å². The van der Waals surface area contributed by atoms with Gasteiger partial charge in [-0.1, -0.05) is 30.3 Å². The maximum atomic E-state index is 13.4. The fourth-order valence-electron chi connectivity index (χ4n) is 4.47. The molecule has 2 saturated heterocycles. The fourth-order valence-corrected chi connectivity index (χ4v) is 4.47. The molecule has 9 nitrogen and oxygen atoms in total. The van der Waals surface area contributed by atoms with Gasteiger partial charge in [-0.15, -0.1) is 0 Å². The predicted octanol–water partition coefficient (Wildman–Crippen LogP) is 0.134. The first kappa shape index (κ1) is 22.7. The number of hydrogen-bond acceptors (Lipinski definition) is 5. The summed E-state index contributed by atoms with van der Waals surface area (Å²) >= 11 is 0. The minimum absolute atomic E-state index is 0.0597. The number of carboxylic acid groups (broad SMARTS) is 1. The molecular weight excluding hydrogens is 400 g/mol. The van der Waals surface area contributed by atoms with Gasteiger partial charge in [-0.2, -0.15) is 0 Å². The van der Waals surface area contributed by atoms with Crippen molar-refractivity contribution in [3.8, 4) is 0 Å². The number of primary amides is 1. The fraction of sp³-hybridized carbons (Fsp3) is 0.545. The van der Waals surface area contributed by atoms with E-state index in [2.05, 4.69) is 10.6 Å². The van der Waals surface area contributed by atoms with Crippen LogP contribution in [-0.4, -0.2) is 65.4 Å². The highest BCUT2D eigenvalue weighted by molar-refractivity contribution is 5.92. The average molecular weight is 431 g/mol. The molecule has 2 aliphatic heterocycles. The highest BCUT2D eigenvalue weighted by Crippen LogP contribution is 2.36. The van der Waals surface area contributed by atoms with Gasteiger partial charge in [-0.05, 0) is 44.2 Å². The summed E-state index contributed by atoms with van der Waals surface area (Å²) in [4.78, 5) is 50.7. The van der Waals surface area contributed by atoms with Gasteiger partial charge in [0.2, 0.25) is 17.7 Å². The lowest BCUT2D eigenvalue weighted by Gasteiger charge is -2.42. The minimum atomic E-state index is -1.21. The van der Waals surface area contributed by atoms with Gasteiger partial charge in [0.25, 0.3) is 0 Å². The predicted molar refractivity (Wildman–Crippen MR) is 113 cm³/mol. The van der Waals surface area contributed by atoms with Crippen molar-refractivity contribution in [2.45, 2.75) is 56.0 Å². The second-order valence-corrected chi connectivity index (χ2v) is 8.29. The van der Waals surface area contributed by atoms with E-state index in [0.29, 0.717) is 25.9 Å². The van der Waals surface area contributed by atoms with E-state index in [9.17, 15) is 24.3 Å². The summed E-state index contributed by atoms with van der Waals surface area (Å²) < 4.78 is 0. The number of piperidine rings is 1. The molecule has 3 amide bonds. The van der Waals surface area contributed by atoms with Crippen LogP contribution >= 0.6 is 0 Å². The number of likely N-dealkylation sites (tertiary alicyclic amines) is 1. The summed E-state index contributed by atoms with van der Waals surface area (Å²) in [6.45, 7) is 1.67. The highest BCUT2D eigenvalue weighted by Gasteiger charge is 2.45. The third-order valence-electron chi connectivity index (χ3n) is 6.33. The first-order chi connectivity index (χ1) is 14.8. The molecule has 0 saturated carbocycles. The van der Waals surface area contributed by atoms with Crippen molar-refractivity contribution >= 4 is 23.7 Å². The Morgan fingerprint density at radius 2 is 1.87 bits per heavy atom. The number of nitrogens with zero attached hydrogens (tertiary/aromatic N) is 1. The van der Waals surface area contributed by atoms with Crippen LogP contribution in [0.1, 0.15) is 44.1 Å². The lowest BCUT2D eigenvalue weighted by molar-refractivity contribution is -0.144. The Morgan fingerprint density at radius 3 is 2.42 bits per heavy atom. The normalized spacial score (nSPS) is 21.3. The van der Waals surface area contributed by atoms with E-state index < -0.39 is 29.2 Å². The maximum Gasteiger partial charge on any atom is 0.326 e. The number of hydrogen-bond donors (Lipinski definition) is 4. The Labute approximate surface area is 181 Å². The number of carbonyl (C=O) groups excluding carboxylic acids is 3. The van der Waals surface area contributed by atoms with Crippen molar-refractivity contribution in [3.05, 3.63) is 35.9 Å². The van der Waals surface area contributed by atoms with Crippen LogP contribution in [0, 0.1) is 0 Å². The zero-order valence-corrected chi connectivity index (χ0v) is 17.5. The average Bonchev–Trinajstić information content (AvgIpc) is 3.31. The summed E-state index contributed by atoms with van der Waals surface area (Å²) in [7, 11) is 0. The molecule has 3 rings (SSSR count). The molecule has 5 N–H and O–H groups in total. The van der Waals surface area contributed by atoms with Crippen LogP contribution in [-0.2, 0) is 24.6 Å². The van der Waals surface area contributed by atoms with Crippen LogP contribution in [0.4, 0.5) is 0 Å². The van der Waals surface area contributed by atoms with Crippen LogP contribution in [0.3, 0.4) is 0 Å². The topological polar surface area (TPSA) is 142 Å². The molecular formula is C22H30N4O5. The molecule has 0 bridgehead atoms. The minimum Gasteiger partial charge on any atom is -0.480 e. The number of rotatable bonds is 8. The van der Waals surface area contributed by atoms with Crippen molar-refractivity contribution in [1.82, 2.24) is 15.5 Å². The van der Waals surface area contributed by atoms with Gasteiger partial charge < -0.3 is 26.4 Å². The van der Waals surface area contributed by atoms with Crippen molar-refractivity contribution < 1.29 is 24.3 Å². The molecule has 9 heteroatoms. The van der Waals surface area contributed by atoms with Crippen LogP contribution < -0.4 is 16.4 Å². The number of benzene rings is 1. The first-order valence-corrected chi connectivity index (χ1v) is 10.7. The Balaban J connectivity index is 1.77. The molecule has 0 unspecified atom stereocenters. The van der Waals surface area contributed by atoms with E-state index in [1.807, 2.05) is 30.3 Å². The molecule has 0 aliphatic carbocycles. The van der Waals surface area contributed by atoms with Gasteiger partial charge in [0, 0.05) is 19.5 Å². The molecule has 2 atom stereocenters. The second kappa shape index (κ2) is 9.91. The van der Waals surface area contributed by atoms with E-state index >= 15 is 0 Å². The molecule has 1 aromatic carbocycles. The monoisotopic (exact) mass is 430 g/mol. The van der Waals surface area contributed by atoms with E-state index in [-0.39, 0.29) is 24.8 Å². The highest BCUT2D eigenvalue weighted by atomic mass is 16.4. The summed E-state index contributed by atoms with van der Waals surface area (Å²) in [6, 6.07) is 7.87. The van der Waals surface area contributed by atoms with Gasteiger partial charge in [0.15, 0.2) is 0 Å². The molecule has 2 fully saturated rings. The van der Waals surface area contributed by atoms with Gasteiger partial charge in [0.1, 0.15) is 6.04 Å². The first-order valence-electron chi connectivity index (χ1n) is 10.7. The Hall–Kier alpha value is -2.94. The smallest absolute Gasteiger partial charge is 0.326 e. The Kier molecular flexibility index (Phi) is 7.27. The third-order valence-corrected chi connectivity index (χ3v) is 6.33. The summed E-state index contributed by atoms with van der Waals surface area (Å²) in [5, 5.41) is 15.3. The molecule has 0 radical (unpaired) electrons. The number of nitrogens with two attached hydrogens (primary N) is 1. The number of nitrogens with one attached hydrogen (secondary N) is 2. The van der Waals surface area contributed by atoms with Crippen molar-refractivity contribution in [3.63, 3.8) is 0 Å². The number of amides is 3. The van der Waals surface area contributed by atoms with Crippen LogP contribution in [0.5, 0.6) is 0 Å². The third kappa shape index (κ3) is 5.22. The number of carbonyl (C=O) groups is 4. The van der Waals surface area contributed by atoms with Crippen LogP contribution in [0.15, 0.2) is 30.3 Å². The SMILES string of the molecule is NC(=O)CC[C@H](NC(=O)C1(c2ccccc2)CCN(C(=O)[C@@H]2CCCN2)CC1)C(=O)O. The zero-order chi connectivity index (χ0) is 22.4. The molecule has 31 heavy (non-hydrogen) atoms. The summed E-state index contributed by atoms with van der Waals surface area (Å²) in [6.07, 6.45) is 2.38. The zero-order valence-electron chi connectivity index (χ0n) is 17.5. The molecule has 0 spiro atoms. The van der Waals surface area contributed by atoms with Crippen LogP contribution in [0.25, 0.3) is 0 Å². The van der Waals surface area contributed by atoms with E-state index in [4.69, 9.17) is 5.73 Å². The van der Waals surface area contributed by atoms with Crippen LogP contribution in [0.2, 0.25) is 0 Å². The van der Waals surface area contributed by atoms with E-state index in [1.165, 1.54) is 0 Å².